The molecule has 2 aliphatic rings. The number of benzene rings is 1. The van der Waals surface area contributed by atoms with Crippen LogP contribution in [0.1, 0.15) is 61.8 Å². The SMILES string of the molecule is Fc1ccc(C2(CCNCc3cccs3)CCOC3(CCCCC3)C2)cc1. The molecular formula is C23H30FNOS. The van der Waals surface area contributed by atoms with E-state index < -0.39 is 0 Å². The van der Waals surface area contributed by atoms with Crippen LogP contribution in [0.4, 0.5) is 4.39 Å². The molecule has 1 aliphatic heterocycles. The first-order valence-corrected chi connectivity index (χ1v) is 11.2. The monoisotopic (exact) mass is 387 g/mol. The quantitative estimate of drug-likeness (QED) is 0.631. The Hall–Kier alpha value is -1.23. The molecule has 4 heteroatoms. The summed E-state index contributed by atoms with van der Waals surface area (Å²) in [6.07, 6.45) is 9.42. The molecular weight excluding hydrogens is 357 g/mol. The minimum absolute atomic E-state index is 0.0403. The third-order valence-electron chi connectivity index (χ3n) is 6.53. The molecule has 1 aromatic heterocycles. The highest BCUT2D eigenvalue weighted by Crippen LogP contribution is 2.49. The van der Waals surface area contributed by atoms with Crippen LogP contribution in [0.5, 0.6) is 0 Å². The average molecular weight is 388 g/mol. The van der Waals surface area contributed by atoms with E-state index in [0.717, 1.165) is 39.0 Å². The van der Waals surface area contributed by atoms with Gasteiger partial charge >= 0.3 is 0 Å². The summed E-state index contributed by atoms with van der Waals surface area (Å²) in [6.45, 7) is 2.73. The zero-order chi connectivity index (χ0) is 18.6. The fourth-order valence-electron chi connectivity index (χ4n) is 5.10. The van der Waals surface area contributed by atoms with Crippen LogP contribution < -0.4 is 5.32 Å². The van der Waals surface area contributed by atoms with Crippen molar-refractivity contribution in [1.29, 1.82) is 0 Å². The van der Waals surface area contributed by atoms with Gasteiger partial charge in [0.15, 0.2) is 0 Å². The van der Waals surface area contributed by atoms with E-state index in [2.05, 4.69) is 22.8 Å². The lowest BCUT2D eigenvalue weighted by atomic mass is 9.63. The Labute approximate surface area is 166 Å². The van der Waals surface area contributed by atoms with Crippen molar-refractivity contribution in [2.75, 3.05) is 13.2 Å². The van der Waals surface area contributed by atoms with Gasteiger partial charge in [0.25, 0.3) is 0 Å². The van der Waals surface area contributed by atoms with E-state index in [9.17, 15) is 4.39 Å². The zero-order valence-electron chi connectivity index (χ0n) is 16.0. The first-order chi connectivity index (χ1) is 13.2. The molecule has 4 rings (SSSR count). The highest BCUT2D eigenvalue weighted by molar-refractivity contribution is 7.09. The zero-order valence-corrected chi connectivity index (χ0v) is 16.8. The van der Waals surface area contributed by atoms with Crippen molar-refractivity contribution in [1.82, 2.24) is 5.32 Å². The molecule has 1 spiro atoms. The Kier molecular flexibility index (Phi) is 5.96. The lowest BCUT2D eigenvalue weighted by Gasteiger charge is -2.50. The van der Waals surface area contributed by atoms with Crippen LogP contribution in [0.3, 0.4) is 0 Å². The molecule has 1 saturated heterocycles. The lowest BCUT2D eigenvalue weighted by molar-refractivity contribution is -0.126. The number of halogens is 1. The third-order valence-corrected chi connectivity index (χ3v) is 7.41. The smallest absolute Gasteiger partial charge is 0.123 e. The summed E-state index contributed by atoms with van der Waals surface area (Å²) >= 11 is 1.80. The van der Waals surface area contributed by atoms with E-state index in [0.29, 0.717) is 0 Å². The van der Waals surface area contributed by atoms with E-state index in [4.69, 9.17) is 4.74 Å². The van der Waals surface area contributed by atoms with Crippen LogP contribution >= 0.6 is 11.3 Å². The van der Waals surface area contributed by atoms with Gasteiger partial charge in [0.1, 0.15) is 5.82 Å². The molecule has 2 nitrogen and oxygen atoms in total. The molecule has 1 saturated carbocycles. The molecule has 0 amide bonds. The van der Waals surface area contributed by atoms with E-state index >= 15 is 0 Å². The molecule has 1 aromatic carbocycles. The summed E-state index contributed by atoms with van der Waals surface area (Å²) in [5, 5.41) is 5.76. The molecule has 1 atom stereocenters. The van der Waals surface area contributed by atoms with E-state index in [1.165, 1.54) is 42.5 Å². The fourth-order valence-corrected chi connectivity index (χ4v) is 5.77. The fraction of sp³-hybridized carbons (Fsp3) is 0.565. The predicted molar refractivity (Wildman–Crippen MR) is 110 cm³/mol. The lowest BCUT2D eigenvalue weighted by Crippen LogP contribution is -2.49. The number of rotatable bonds is 6. The molecule has 2 aromatic rings. The van der Waals surface area contributed by atoms with Gasteiger partial charge in [0, 0.05) is 23.4 Å². The van der Waals surface area contributed by atoms with Gasteiger partial charge in [0.05, 0.1) is 5.60 Å². The van der Waals surface area contributed by atoms with Gasteiger partial charge in [-0.05, 0) is 67.8 Å². The Balaban J connectivity index is 1.50. The second kappa shape index (κ2) is 8.42. The first-order valence-electron chi connectivity index (χ1n) is 10.3. The van der Waals surface area contributed by atoms with Gasteiger partial charge in [-0.2, -0.15) is 0 Å². The van der Waals surface area contributed by atoms with Crippen molar-refractivity contribution in [3.8, 4) is 0 Å². The van der Waals surface area contributed by atoms with Gasteiger partial charge in [0.2, 0.25) is 0 Å². The number of hydrogen-bond donors (Lipinski definition) is 1. The van der Waals surface area contributed by atoms with Gasteiger partial charge in [-0.15, -0.1) is 11.3 Å². The minimum Gasteiger partial charge on any atom is -0.375 e. The molecule has 1 N–H and O–H groups in total. The van der Waals surface area contributed by atoms with Crippen LogP contribution in [-0.2, 0) is 16.7 Å². The van der Waals surface area contributed by atoms with Gasteiger partial charge in [-0.25, -0.2) is 4.39 Å². The van der Waals surface area contributed by atoms with Crippen molar-refractivity contribution in [2.24, 2.45) is 0 Å². The number of thiophene rings is 1. The summed E-state index contributed by atoms with van der Waals surface area (Å²) in [6, 6.07) is 11.6. The minimum atomic E-state index is -0.149. The highest BCUT2D eigenvalue weighted by Gasteiger charge is 2.46. The van der Waals surface area contributed by atoms with Crippen molar-refractivity contribution >= 4 is 11.3 Å². The largest absolute Gasteiger partial charge is 0.375 e. The standard InChI is InChI=1S/C23H30FNOS/c24-20-8-6-19(7-9-20)22(12-14-25-17-21-5-4-16-27-21)13-15-26-23(18-22)10-2-1-3-11-23/h4-9,16,25H,1-3,10-15,17-18H2. The summed E-state index contributed by atoms with van der Waals surface area (Å²) < 4.78 is 19.9. The maximum atomic E-state index is 13.6. The van der Waals surface area contributed by atoms with Crippen LogP contribution in [0.15, 0.2) is 41.8 Å². The Morgan fingerprint density at radius 2 is 1.85 bits per heavy atom. The summed E-state index contributed by atoms with van der Waals surface area (Å²) in [5.74, 6) is -0.149. The van der Waals surface area contributed by atoms with Crippen molar-refractivity contribution in [3.63, 3.8) is 0 Å². The van der Waals surface area contributed by atoms with Crippen LogP contribution in [0.25, 0.3) is 0 Å². The molecule has 1 unspecified atom stereocenters. The average Bonchev–Trinajstić information content (AvgIpc) is 3.20. The highest BCUT2D eigenvalue weighted by atomic mass is 32.1. The first kappa shape index (κ1) is 19.1. The molecule has 0 radical (unpaired) electrons. The predicted octanol–water partition coefficient (Wildman–Crippen LogP) is 5.82. The number of hydrogen-bond acceptors (Lipinski definition) is 3. The van der Waals surface area contributed by atoms with Crippen LogP contribution in [0.2, 0.25) is 0 Å². The molecule has 1 aliphatic carbocycles. The third kappa shape index (κ3) is 4.44. The molecule has 2 fully saturated rings. The Bertz CT molecular complexity index is 703. The molecule has 2 heterocycles. The maximum Gasteiger partial charge on any atom is 0.123 e. The van der Waals surface area contributed by atoms with Crippen molar-refractivity contribution < 1.29 is 9.13 Å². The Morgan fingerprint density at radius 3 is 2.59 bits per heavy atom. The van der Waals surface area contributed by atoms with E-state index in [-0.39, 0.29) is 16.8 Å². The second-order valence-corrected chi connectivity index (χ2v) is 9.34. The van der Waals surface area contributed by atoms with Gasteiger partial charge < -0.3 is 10.1 Å². The Morgan fingerprint density at radius 1 is 1.04 bits per heavy atom. The van der Waals surface area contributed by atoms with Crippen molar-refractivity contribution in [3.05, 3.63) is 58.0 Å². The van der Waals surface area contributed by atoms with Crippen LogP contribution in [0, 0.1) is 5.82 Å². The second-order valence-electron chi connectivity index (χ2n) is 8.31. The van der Waals surface area contributed by atoms with E-state index in [1.54, 1.807) is 23.5 Å². The van der Waals surface area contributed by atoms with Gasteiger partial charge in [-0.1, -0.05) is 37.5 Å². The molecule has 0 bridgehead atoms. The summed E-state index contributed by atoms with van der Waals surface area (Å²) in [5.41, 5.74) is 1.42. The van der Waals surface area contributed by atoms with E-state index in [1.807, 2.05) is 12.1 Å². The number of nitrogens with one attached hydrogen (secondary N) is 1. The topological polar surface area (TPSA) is 21.3 Å². The molecule has 27 heavy (non-hydrogen) atoms. The van der Waals surface area contributed by atoms with Crippen LogP contribution in [-0.4, -0.2) is 18.8 Å². The molecule has 146 valence electrons. The van der Waals surface area contributed by atoms with Gasteiger partial charge in [-0.3, -0.25) is 0 Å². The summed E-state index contributed by atoms with van der Waals surface area (Å²) in [7, 11) is 0. The number of ether oxygens (including phenoxy) is 1. The maximum absolute atomic E-state index is 13.6. The van der Waals surface area contributed by atoms with Crippen molar-refractivity contribution in [2.45, 2.75) is 68.9 Å². The normalized spacial score (nSPS) is 24.9. The summed E-state index contributed by atoms with van der Waals surface area (Å²) in [4.78, 5) is 1.38.